The number of hydrogen-bond donors (Lipinski definition) is 1. The molecule has 0 aromatic heterocycles. The Hall–Kier alpha value is -1.20. The van der Waals surface area contributed by atoms with Crippen LogP contribution in [0.2, 0.25) is 0 Å². The third kappa shape index (κ3) is 5.98. The van der Waals surface area contributed by atoms with E-state index in [9.17, 15) is 18.4 Å². The van der Waals surface area contributed by atoms with Crippen molar-refractivity contribution in [3.05, 3.63) is 0 Å². The number of alkyl halides is 2. The molecule has 0 bridgehead atoms. The maximum absolute atomic E-state index is 12.7. The fourth-order valence-corrected chi connectivity index (χ4v) is 2.29. The molecule has 0 aromatic rings. The topological polar surface area (TPSA) is 55.4 Å². The molecule has 122 valence electrons. The average molecular weight is 305 g/mol. The number of amides is 1. The highest BCUT2D eigenvalue weighted by atomic mass is 19.3. The van der Waals surface area contributed by atoms with Gasteiger partial charge in [0.25, 0.3) is 0 Å². The van der Waals surface area contributed by atoms with E-state index in [1.807, 2.05) is 0 Å². The fourth-order valence-electron chi connectivity index (χ4n) is 2.29. The summed E-state index contributed by atoms with van der Waals surface area (Å²) in [5, 5.41) is 2.61. The van der Waals surface area contributed by atoms with Crippen LogP contribution < -0.4 is 5.32 Å². The number of carbonyl (C=O) groups is 2. The van der Waals surface area contributed by atoms with Crippen molar-refractivity contribution >= 4 is 11.9 Å². The molecule has 0 unspecified atom stereocenters. The van der Waals surface area contributed by atoms with Gasteiger partial charge < -0.3 is 10.1 Å². The van der Waals surface area contributed by atoms with Crippen LogP contribution in [0.25, 0.3) is 0 Å². The molecule has 1 saturated carbocycles. The number of carbonyl (C=O) groups excluding carboxylic acids is 2. The molecule has 0 saturated heterocycles. The summed E-state index contributed by atoms with van der Waals surface area (Å²) in [5.41, 5.74) is -0.634. The lowest BCUT2D eigenvalue weighted by atomic mass is 9.79. The van der Waals surface area contributed by atoms with Crippen LogP contribution in [0.1, 0.15) is 53.9 Å². The molecule has 0 spiro atoms. The van der Waals surface area contributed by atoms with Gasteiger partial charge in [0, 0.05) is 19.3 Å². The second-order valence-corrected chi connectivity index (χ2v) is 7.16. The predicted octanol–water partition coefficient (Wildman–Crippen LogP) is 2.90. The van der Waals surface area contributed by atoms with E-state index in [2.05, 4.69) is 5.32 Å². The number of rotatable bonds is 5. The molecule has 1 N–H and O–H groups in total. The van der Waals surface area contributed by atoms with Gasteiger partial charge in [-0.2, -0.15) is 0 Å². The Morgan fingerprint density at radius 1 is 1.29 bits per heavy atom. The summed E-state index contributed by atoms with van der Waals surface area (Å²) in [6.07, 6.45) is -0.472. The van der Waals surface area contributed by atoms with Gasteiger partial charge in [-0.3, -0.25) is 4.79 Å². The molecule has 1 rings (SSSR count). The van der Waals surface area contributed by atoms with E-state index in [-0.39, 0.29) is 37.0 Å². The Morgan fingerprint density at radius 3 is 2.19 bits per heavy atom. The molecule has 1 aliphatic carbocycles. The summed E-state index contributed by atoms with van der Waals surface area (Å²) >= 11 is 0. The third-order valence-corrected chi connectivity index (χ3v) is 3.29. The smallest absolute Gasteiger partial charge is 0.329 e. The minimum atomic E-state index is -2.63. The highest BCUT2D eigenvalue weighted by molar-refractivity contribution is 5.85. The number of nitrogens with one attached hydrogen (secondary N) is 1. The fraction of sp³-hybridized carbons (Fsp3) is 0.867. The first kappa shape index (κ1) is 17.9. The van der Waals surface area contributed by atoms with Crippen molar-refractivity contribution < 1.29 is 23.1 Å². The molecule has 4 nitrogen and oxygen atoms in total. The maximum atomic E-state index is 12.7. The van der Waals surface area contributed by atoms with Crippen molar-refractivity contribution in [2.45, 2.75) is 71.4 Å². The largest absolute Gasteiger partial charge is 0.458 e. The molecule has 21 heavy (non-hydrogen) atoms. The van der Waals surface area contributed by atoms with Gasteiger partial charge in [-0.15, -0.1) is 0 Å². The Labute approximate surface area is 124 Å². The molecular weight excluding hydrogens is 280 g/mol. The van der Waals surface area contributed by atoms with Gasteiger partial charge in [-0.05, 0) is 32.6 Å². The normalized spacial score (nSPS) is 19.8. The number of hydrogen-bond acceptors (Lipinski definition) is 3. The Kier molecular flexibility index (Phi) is 5.34. The first-order valence-corrected chi connectivity index (χ1v) is 7.30. The minimum Gasteiger partial charge on any atom is -0.458 e. The van der Waals surface area contributed by atoms with Crippen molar-refractivity contribution in [1.82, 2.24) is 5.32 Å². The van der Waals surface area contributed by atoms with Crippen LogP contribution in [0, 0.1) is 11.8 Å². The lowest BCUT2D eigenvalue weighted by Gasteiger charge is -2.35. The number of esters is 1. The second-order valence-electron chi connectivity index (χ2n) is 7.16. The summed E-state index contributed by atoms with van der Waals surface area (Å²) in [7, 11) is 0. The molecule has 6 heteroatoms. The molecule has 0 aliphatic heterocycles. The summed E-state index contributed by atoms with van der Waals surface area (Å²) in [4.78, 5) is 23.9. The van der Waals surface area contributed by atoms with Crippen LogP contribution in [0.15, 0.2) is 0 Å². The van der Waals surface area contributed by atoms with Crippen LogP contribution in [-0.2, 0) is 14.3 Å². The summed E-state index contributed by atoms with van der Waals surface area (Å²) in [5.74, 6) is -3.93. The van der Waals surface area contributed by atoms with E-state index in [0.717, 1.165) is 0 Å². The summed E-state index contributed by atoms with van der Waals surface area (Å²) in [6.45, 7) is 8.85. The lowest BCUT2D eigenvalue weighted by molar-refractivity contribution is -0.160. The summed E-state index contributed by atoms with van der Waals surface area (Å²) < 4.78 is 30.7. The van der Waals surface area contributed by atoms with E-state index in [1.54, 1.807) is 34.6 Å². The van der Waals surface area contributed by atoms with Gasteiger partial charge in [0.05, 0.1) is 0 Å². The van der Waals surface area contributed by atoms with Crippen molar-refractivity contribution in [2.75, 3.05) is 0 Å². The highest BCUT2D eigenvalue weighted by Crippen LogP contribution is 2.43. The van der Waals surface area contributed by atoms with Gasteiger partial charge in [-0.25, -0.2) is 13.6 Å². The van der Waals surface area contributed by atoms with Crippen molar-refractivity contribution in [3.63, 3.8) is 0 Å². The van der Waals surface area contributed by atoms with Crippen LogP contribution in [0.5, 0.6) is 0 Å². The predicted molar refractivity (Wildman–Crippen MR) is 74.9 cm³/mol. The zero-order chi connectivity index (χ0) is 16.4. The molecule has 1 aliphatic rings. The van der Waals surface area contributed by atoms with Crippen molar-refractivity contribution in [1.29, 1.82) is 0 Å². The summed E-state index contributed by atoms with van der Waals surface area (Å²) in [6, 6.07) is -0.752. The van der Waals surface area contributed by atoms with Crippen LogP contribution in [-0.4, -0.2) is 29.4 Å². The van der Waals surface area contributed by atoms with Gasteiger partial charge >= 0.3 is 5.97 Å². The van der Waals surface area contributed by atoms with E-state index < -0.39 is 23.5 Å². The number of halogens is 2. The van der Waals surface area contributed by atoms with Crippen LogP contribution in [0.4, 0.5) is 8.78 Å². The molecule has 1 fully saturated rings. The van der Waals surface area contributed by atoms with E-state index >= 15 is 0 Å². The van der Waals surface area contributed by atoms with Gasteiger partial charge in [0.15, 0.2) is 0 Å². The van der Waals surface area contributed by atoms with E-state index in [0.29, 0.717) is 0 Å². The standard InChI is InChI=1S/C15H25F2NO3/c1-9(2)12(13(20)21-14(3,4)5)18-11(19)6-10-7-15(16,17)8-10/h9-10,12H,6-8H2,1-5H3,(H,18,19)/t12-/m1/s1. The second kappa shape index (κ2) is 6.28. The van der Waals surface area contributed by atoms with E-state index in [4.69, 9.17) is 4.74 Å². The first-order valence-electron chi connectivity index (χ1n) is 7.30. The third-order valence-electron chi connectivity index (χ3n) is 3.29. The van der Waals surface area contributed by atoms with Crippen molar-refractivity contribution in [2.24, 2.45) is 11.8 Å². The van der Waals surface area contributed by atoms with Crippen molar-refractivity contribution in [3.8, 4) is 0 Å². The lowest BCUT2D eigenvalue weighted by Crippen LogP contribution is -2.48. The quantitative estimate of drug-likeness (QED) is 0.795. The molecule has 1 amide bonds. The average Bonchev–Trinajstić information content (AvgIpc) is 2.20. The zero-order valence-corrected chi connectivity index (χ0v) is 13.3. The maximum Gasteiger partial charge on any atom is 0.329 e. The molecule has 0 heterocycles. The van der Waals surface area contributed by atoms with Crippen LogP contribution in [0.3, 0.4) is 0 Å². The SMILES string of the molecule is CC(C)[C@@H](NC(=O)CC1CC(F)(F)C1)C(=O)OC(C)(C)C. The molecule has 1 atom stereocenters. The molecule has 0 radical (unpaired) electrons. The molecular formula is C15H25F2NO3. The molecule has 0 aromatic carbocycles. The van der Waals surface area contributed by atoms with Gasteiger partial charge in [-0.1, -0.05) is 13.8 Å². The minimum absolute atomic E-state index is 0.0294. The Morgan fingerprint density at radius 2 is 1.81 bits per heavy atom. The highest BCUT2D eigenvalue weighted by Gasteiger charge is 2.46. The number of ether oxygens (including phenoxy) is 1. The first-order chi connectivity index (χ1) is 9.39. The Balaban J connectivity index is 2.51. The van der Waals surface area contributed by atoms with E-state index in [1.165, 1.54) is 0 Å². The monoisotopic (exact) mass is 305 g/mol. The Bertz CT molecular complexity index is 394. The van der Waals surface area contributed by atoms with Gasteiger partial charge in [0.1, 0.15) is 11.6 Å². The zero-order valence-electron chi connectivity index (χ0n) is 13.3. The van der Waals surface area contributed by atoms with Crippen LogP contribution >= 0.6 is 0 Å². The van der Waals surface area contributed by atoms with Gasteiger partial charge in [0.2, 0.25) is 11.8 Å².